The second-order valence-corrected chi connectivity index (χ2v) is 5.59. The highest BCUT2D eigenvalue weighted by atomic mass is 32.2. The van der Waals surface area contributed by atoms with Crippen LogP contribution < -0.4 is 0 Å². The van der Waals surface area contributed by atoms with E-state index in [1.54, 1.807) is 0 Å². The molecule has 1 aromatic rings. The van der Waals surface area contributed by atoms with Crippen molar-refractivity contribution in [3.05, 3.63) is 22.4 Å². The molecule has 0 amide bonds. The summed E-state index contributed by atoms with van der Waals surface area (Å²) >= 11 is 3.70. The van der Waals surface area contributed by atoms with Crippen molar-refractivity contribution < 1.29 is 5.11 Å². The molecule has 0 spiro atoms. The minimum atomic E-state index is -0.0510. The van der Waals surface area contributed by atoms with Crippen molar-refractivity contribution in [3.8, 4) is 0 Å². The van der Waals surface area contributed by atoms with E-state index >= 15 is 0 Å². The first-order valence-corrected chi connectivity index (χ1v) is 6.68. The Morgan fingerprint density at radius 1 is 1.46 bits per heavy atom. The number of aliphatic hydroxyl groups is 1. The first kappa shape index (κ1) is 9.56. The monoisotopic (exact) mass is 214 g/mol. The zero-order chi connectivity index (χ0) is 9.10. The van der Waals surface area contributed by atoms with Crippen molar-refractivity contribution in [2.45, 2.75) is 18.9 Å². The highest BCUT2D eigenvalue weighted by Gasteiger charge is 2.25. The minimum Gasteiger partial charge on any atom is -0.392 e. The Balaban J connectivity index is 1.79. The fourth-order valence-electron chi connectivity index (χ4n) is 1.65. The van der Waals surface area contributed by atoms with Crippen molar-refractivity contribution in [2.24, 2.45) is 5.92 Å². The van der Waals surface area contributed by atoms with Gasteiger partial charge < -0.3 is 5.11 Å². The molecule has 1 saturated heterocycles. The molecule has 1 fully saturated rings. The summed E-state index contributed by atoms with van der Waals surface area (Å²) in [5.74, 6) is 2.62. The SMILES string of the molecule is OC1CSCC1CCc1cccs1. The molecule has 1 N–H and O–H groups in total. The average molecular weight is 214 g/mol. The number of hydrogen-bond donors (Lipinski definition) is 1. The molecule has 72 valence electrons. The van der Waals surface area contributed by atoms with Crippen molar-refractivity contribution in [3.63, 3.8) is 0 Å². The van der Waals surface area contributed by atoms with E-state index in [1.807, 2.05) is 23.1 Å². The van der Waals surface area contributed by atoms with E-state index in [0.29, 0.717) is 5.92 Å². The maximum atomic E-state index is 9.60. The van der Waals surface area contributed by atoms with Crippen LogP contribution in [-0.2, 0) is 6.42 Å². The third kappa shape index (κ3) is 2.48. The Labute approximate surface area is 87.2 Å². The molecule has 1 aliphatic rings. The van der Waals surface area contributed by atoms with Gasteiger partial charge in [0.2, 0.25) is 0 Å². The first-order chi connectivity index (χ1) is 6.36. The molecule has 1 aliphatic heterocycles. The summed E-state index contributed by atoms with van der Waals surface area (Å²) in [6.07, 6.45) is 2.24. The zero-order valence-corrected chi connectivity index (χ0v) is 9.11. The number of thioether (sulfide) groups is 1. The largest absolute Gasteiger partial charge is 0.392 e. The maximum Gasteiger partial charge on any atom is 0.0666 e. The van der Waals surface area contributed by atoms with Gasteiger partial charge in [0.05, 0.1) is 6.10 Å². The molecule has 13 heavy (non-hydrogen) atoms. The lowest BCUT2D eigenvalue weighted by molar-refractivity contribution is 0.145. The van der Waals surface area contributed by atoms with Gasteiger partial charge in [-0.15, -0.1) is 11.3 Å². The Kier molecular flexibility index (Phi) is 3.30. The third-order valence-corrected chi connectivity index (χ3v) is 4.68. The molecule has 3 heteroatoms. The Bertz CT molecular complexity index is 245. The average Bonchev–Trinajstić information content (AvgIpc) is 2.72. The summed E-state index contributed by atoms with van der Waals surface area (Å²) in [5, 5.41) is 11.7. The molecule has 1 aromatic heterocycles. The van der Waals surface area contributed by atoms with Crippen LogP contribution in [0.25, 0.3) is 0 Å². The lowest BCUT2D eigenvalue weighted by Gasteiger charge is -2.11. The van der Waals surface area contributed by atoms with Gasteiger partial charge >= 0.3 is 0 Å². The molecule has 1 nitrogen and oxygen atoms in total. The van der Waals surface area contributed by atoms with Crippen molar-refractivity contribution in [2.75, 3.05) is 11.5 Å². The maximum absolute atomic E-state index is 9.60. The predicted molar refractivity (Wildman–Crippen MR) is 59.5 cm³/mol. The quantitative estimate of drug-likeness (QED) is 0.834. The molecule has 0 saturated carbocycles. The van der Waals surface area contributed by atoms with Crippen molar-refractivity contribution in [1.82, 2.24) is 0 Å². The molecule has 2 rings (SSSR count). The summed E-state index contributed by atoms with van der Waals surface area (Å²) in [6.45, 7) is 0. The van der Waals surface area contributed by atoms with E-state index in [-0.39, 0.29) is 6.10 Å². The number of aliphatic hydroxyl groups excluding tert-OH is 1. The van der Waals surface area contributed by atoms with Crippen LogP contribution in [0, 0.1) is 5.92 Å². The predicted octanol–water partition coefficient (Wildman–Crippen LogP) is 2.40. The molecule has 2 atom stereocenters. The summed E-state index contributed by atoms with van der Waals surface area (Å²) in [6, 6.07) is 4.28. The van der Waals surface area contributed by atoms with Crippen LogP contribution in [0.5, 0.6) is 0 Å². The fraction of sp³-hybridized carbons (Fsp3) is 0.600. The van der Waals surface area contributed by atoms with Crippen LogP contribution in [0.4, 0.5) is 0 Å². The molecular weight excluding hydrogens is 200 g/mol. The van der Waals surface area contributed by atoms with Crippen LogP contribution in [0.15, 0.2) is 17.5 Å². The molecular formula is C10H14OS2. The van der Waals surface area contributed by atoms with E-state index in [4.69, 9.17) is 0 Å². The van der Waals surface area contributed by atoms with Gasteiger partial charge in [-0.05, 0) is 36.0 Å². The van der Waals surface area contributed by atoms with Crippen LogP contribution in [0.2, 0.25) is 0 Å². The lowest BCUT2D eigenvalue weighted by Crippen LogP contribution is -2.17. The van der Waals surface area contributed by atoms with Gasteiger partial charge in [-0.2, -0.15) is 11.8 Å². The molecule has 2 heterocycles. The van der Waals surface area contributed by atoms with Gasteiger partial charge in [-0.3, -0.25) is 0 Å². The molecule has 0 radical (unpaired) electrons. The topological polar surface area (TPSA) is 20.2 Å². The highest BCUT2D eigenvalue weighted by molar-refractivity contribution is 7.99. The number of rotatable bonds is 3. The van der Waals surface area contributed by atoms with E-state index in [0.717, 1.165) is 24.3 Å². The number of hydrogen-bond acceptors (Lipinski definition) is 3. The molecule has 0 bridgehead atoms. The summed E-state index contributed by atoms with van der Waals surface area (Å²) < 4.78 is 0. The van der Waals surface area contributed by atoms with Gasteiger partial charge in [0.1, 0.15) is 0 Å². The molecule has 2 unspecified atom stereocenters. The van der Waals surface area contributed by atoms with E-state index in [1.165, 1.54) is 4.88 Å². The van der Waals surface area contributed by atoms with E-state index in [9.17, 15) is 5.11 Å². The van der Waals surface area contributed by atoms with Crippen LogP contribution in [0.3, 0.4) is 0 Å². The smallest absolute Gasteiger partial charge is 0.0666 e. The van der Waals surface area contributed by atoms with E-state index in [2.05, 4.69) is 17.5 Å². The summed E-state index contributed by atoms with van der Waals surface area (Å²) in [4.78, 5) is 1.45. The van der Waals surface area contributed by atoms with Crippen molar-refractivity contribution in [1.29, 1.82) is 0 Å². The number of thiophene rings is 1. The van der Waals surface area contributed by atoms with Crippen LogP contribution >= 0.6 is 23.1 Å². The molecule has 0 aromatic carbocycles. The van der Waals surface area contributed by atoms with Gasteiger partial charge in [-0.1, -0.05) is 6.07 Å². The van der Waals surface area contributed by atoms with Gasteiger partial charge in [0, 0.05) is 10.6 Å². The highest BCUT2D eigenvalue weighted by Crippen LogP contribution is 2.28. The Hall–Kier alpha value is 0.01000. The third-order valence-electron chi connectivity index (χ3n) is 2.51. The van der Waals surface area contributed by atoms with Gasteiger partial charge in [0.25, 0.3) is 0 Å². The van der Waals surface area contributed by atoms with E-state index < -0.39 is 0 Å². The second kappa shape index (κ2) is 4.49. The fourth-order valence-corrected chi connectivity index (χ4v) is 3.71. The second-order valence-electron chi connectivity index (χ2n) is 3.48. The Morgan fingerprint density at radius 3 is 3.00 bits per heavy atom. The van der Waals surface area contributed by atoms with Gasteiger partial charge in [0.15, 0.2) is 0 Å². The molecule has 0 aliphatic carbocycles. The Morgan fingerprint density at radius 2 is 2.38 bits per heavy atom. The number of aryl methyl sites for hydroxylation is 1. The summed E-state index contributed by atoms with van der Waals surface area (Å²) in [5.41, 5.74) is 0. The standard InChI is InChI=1S/C10H14OS2/c11-10-7-12-6-8(10)3-4-9-2-1-5-13-9/h1-2,5,8,10-11H,3-4,6-7H2. The lowest BCUT2D eigenvalue weighted by atomic mass is 10.00. The van der Waals surface area contributed by atoms with Crippen LogP contribution in [-0.4, -0.2) is 22.7 Å². The minimum absolute atomic E-state index is 0.0510. The normalized spacial score (nSPS) is 28.1. The zero-order valence-electron chi connectivity index (χ0n) is 7.48. The van der Waals surface area contributed by atoms with Crippen LogP contribution in [0.1, 0.15) is 11.3 Å². The van der Waals surface area contributed by atoms with Crippen molar-refractivity contribution >= 4 is 23.1 Å². The summed E-state index contributed by atoms with van der Waals surface area (Å²) in [7, 11) is 0. The first-order valence-electron chi connectivity index (χ1n) is 4.64. The van der Waals surface area contributed by atoms with Gasteiger partial charge in [-0.25, -0.2) is 0 Å².